The molecule has 0 aromatic carbocycles. The number of nitrogens with one attached hydrogen (secondary N) is 1. The van der Waals surface area contributed by atoms with Crippen molar-refractivity contribution in [3.05, 3.63) is 47.5 Å². The van der Waals surface area contributed by atoms with Crippen LogP contribution in [0.25, 0.3) is 11.3 Å². The molecule has 0 saturated carbocycles. The minimum absolute atomic E-state index is 0.0130. The first-order chi connectivity index (χ1) is 17.2. The van der Waals surface area contributed by atoms with Crippen LogP contribution >= 0.6 is 0 Å². The van der Waals surface area contributed by atoms with Crippen molar-refractivity contribution in [1.29, 1.82) is 0 Å². The molecule has 1 N–H and O–H groups in total. The van der Waals surface area contributed by atoms with Gasteiger partial charge in [0.1, 0.15) is 5.82 Å². The van der Waals surface area contributed by atoms with Crippen LogP contribution in [0.2, 0.25) is 0 Å². The topological polar surface area (TPSA) is 94.4 Å². The number of nitrogens with zero attached hydrogens (tertiary/aromatic N) is 5. The highest BCUT2D eigenvalue weighted by atomic mass is 19.3. The van der Waals surface area contributed by atoms with Crippen molar-refractivity contribution in [3.8, 4) is 23.0 Å². The predicted molar refractivity (Wildman–Crippen MR) is 130 cm³/mol. The normalized spacial score (nSPS) is 16.3. The van der Waals surface area contributed by atoms with E-state index in [1.54, 1.807) is 25.4 Å². The van der Waals surface area contributed by atoms with E-state index in [2.05, 4.69) is 20.3 Å². The van der Waals surface area contributed by atoms with Crippen LogP contribution in [0, 0.1) is 6.92 Å². The number of aromatic nitrogens is 4. The average Bonchev–Trinajstić information content (AvgIpc) is 3.49. The first-order valence-corrected chi connectivity index (χ1v) is 11.6. The van der Waals surface area contributed by atoms with Crippen LogP contribution in [-0.2, 0) is 11.8 Å². The molecule has 9 nitrogen and oxygen atoms in total. The van der Waals surface area contributed by atoms with Gasteiger partial charge in [-0.1, -0.05) is 0 Å². The number of carbonyl (C=O) groups is 1. The standard InChI is InChI=1S/C25H30F2N6O3/c1-14(16-10-21(35-4)31-22(11-16)36-5)25(34)33-9-8-17(12-33)29-20-7-6-18(15(2)28-20)19-13-32(3)24(30-19)23(26)27/h6-7,10-11,13-14,17,23H,8-9,12H2,1-5H3,(H,28,29)/t14-,17+/m1/s1. The Kier molecular flexibility index (Phi) is 7.37. The van der Waals surface area contributed by atoms with Gasteiger partial charge in [0.2, 0.25) is 17.7 Å². The van der Waals surface area contributed by atoms with Crippen LogP contribution in [0.1, 0.15) is 42.8 Å². The third-order valence-corrected chi connectivity index (χ3v) is 6.41. The largest absolute Gasteiger partial charge is 0.481 e. The maximum atomic E-state index is 13.2. The molecule has 1 amide bonds. The molecule has 1 aliphatic rings. The zero-order valence-corrected chi connectivity index (χ0v) is 21.0. The first kappa shape index (κ1) is 25.3. The number of carbonyl (C=O) groups excluding carboxylic acids is 1. The van der Waals surface area contributed by atoms with Gasteiger partial charge in [-0.2, -0.15) is 4.98 Å². The highest BCUT2D eigenvalue weighted by molar-refractivity contribution is 5.84. The number of aryl methyl sites for hydroxylation is 2. The second kappa shape index (κ2) is 10.5. The Bertz CT molecular complexity index is 1230. The van der Waals surface area contributed by atoms with E-state index in [0.29, 0.717) is 47.6 Å². The van der Waals surface area contributed by atoms with E-state index in [9.17, 15) is 13.6 Å². The number of alkyl halides is 2. The maximum Gasteiger partial charge on any atom is 0.295 e. The average molecular weight is 501 g/mol. The molecule has 4 rings (SSSR count). The smallest absolute Gasteiger partial charge is 0.295 e. The molecule has 3 aromatic heterocycles. The van der Waals surface area contributed by atoms with Gasteiger partial charge in [-0.25, -0.2) is 18.7 Å². The summed E-state index contributed by atoms with van der Waals surface area (Å²) in [7, 11) is 4.59. The summed E-state index contributed by atoms with van der Waals surface area (Å²) in [6.45, 7) is 4.85. The number of imidazole rings is 1. The summed E-state index contributed by atoms with van der Waals surface area (Å²) in [5.74, 6) is 0.805. The zero-order chi connectivity index (χ0) is 26.0. The summed E-state index contributed by atoms with van der Waals surface area (Å²) < 4.78 is 38.0. The van der Waals surface area contributed by atoms with Gasteiger partial charge in [-0.05, 0) is 38.0 Å². The molecule has 0 bridgehead atoms. The van der Waals surface area contributed by atoms with Gasteiger partial charge in [0.25, 0.3) is 6.43 Å². The summed E-state index contributed by atoms with van der Waals surface area (Å²) in [5.41, 5.74) is 2.61. The fraction of sp³-hybridized carbons (Fsp3) is 0.440. The van der Waals surface area contributed by atoms with Gasteiger partial charge in [0.05, 0.1) is 25.8 Å². The number of methoxy groups -OCH3 is 2. The van der Waals surface area contributed by atoms with Gasteiger partial charge in [0.15, 0.2) is 5.82 Å². The van der Waals surface area contributed by atoms with Crippen LogP contribution in [0.5, 0.6) is 11.8 Å². The lowest BCUT2D eigenvalue weighted by Crippen LogP contribution is -2.34. The molecular formula is C25H30F2N6O3. The lowest BCUT2D eigenvalue weighted by atomic mass is 10.0. The molecule has 0 spiro atoms. The van der Waals surface area contributed by atoms with Gasteiger partial charge in [0, 0.05) is 55.8 Å². The molecule has 1 fully saturated rings. The highest BCUT2D eigenvalue weighted by Crippen LogP contribution is 2.29. The third-order valence-electron chi connectivity index (χ3n) is 6.41. The molecule has 1 aliphatic heterocycles. The molecule has 0 aliphatic carbocycles. The molecule has 2 atom stereocenters. The number of ether oxygens (including phenoxy) is 2. The number of pyridine rings is 2. The molecule has 0 radical (unpaired) electrons. The Morgan fingerprint density at radius 1 is 1.14 bits per heavy atom. The molecule has 36 heavy (non-hydrogen) atoms. The van der Waals surface area contributed by atoms with E-state index in [-0.39, 0.29) is 23.7 Å². The van der Waals surface area contributed by atoms with Gasteiger partial charge < -0.3 is 24.3 Å². The fourth-order valence-corrected chi connectivity index (χ4v) is 4.39. The second-order valence-electron chi connectivity index (χ2n) is 8.85. The van der Waals surface area contributed by atoms with E-state index < -0.39 is 6.43 Å². The van der Waals surface area contributed by atoms with Crippen molar-refractivity contribution in [2.75, 3.05) is 32.6 Å². The van der Waals surface area contributed by atoms with E-state index in [1.807, 2.05) is 30.9 Å². The summed E-state index contributed by atoms with van der Waals surface area (Å²) in [6.07, 6.45) is -0.285. The summed E-state index contributed by atoms with van der Waals surface area (Å²) in [6, 6.07) is 7.17. The minimum atomic E-state index is -2.64. The molecule has 4 heterocycles. The minimum Gasteiger partial charge on any atom is -0.481 e. The molecule has 1 saturated heterocycles. The summed E-state index contributed by atoms with van der Waals surface area (Å²) in [4.78, 5) is 27.9. The Morgan fingerprint density at radius 3 is 2.42 bits per heavy atom. The lowest BCUT2D eigenvalue weighted by Gasteiger charge is -2.22. The van der Waals surface area contributed by atoms with Crippen molar-refractivity contribution >= 4 is 11.7 Å². The SMILES string of the molecule is COc1cc([C@@H](C)C(=O)N2CC[C@H](Nc3ccc(-c4cn(C)c(C(F)F)n4)c(C)n3)C2)cc(OC)n1. The first-order valence-electron chi connectivity index (χ1n) is 11.6. The quantitative estimate of drug-likeness (QED) is 0.500. The van der Waals surface area contributed by atoms with E-state index in [0.717, 1.165) is 12.0 Å². The van der Waals surface area contributed by atoms with Crippen molar-refractivity contribution < 1.29 is 23.0 Å². The number of likely N-dealkylation sites (tertiary alicyclic amines) is 1. The maximum absolute atomic E-state index is 13.2. The Morgan fingerprint density at radius 2 is 1.83 bits per heavy atom. The Balaban J connectivity index is 1.41. The molecule has 192 valence electrons. The number of halogens is 2. The van der Waals surface area contributed by atoms with E-state index >= 15 is 0 Å². The monoisotopic (exact) mass is 500 g/mol. The van der Waals surface area contributed by atoms with Gasteiger partial charge in [-0.3, -0.25) is 4.79 Å². The van der Waals surface area contributed by atoms with Crippen molar-refractivity contribution in [2.24, 2.45) is 7.05 Å². The molecule has 11 heteroatoms. The number of amides is 1. The van der Waals surface area contributed by atoms with Crippen LogP contribution < -0.4 is 14.8 Å². The Hall–Kier alpha value is -3.76. The third kappa shape index (κ3) is 5.24. The van der Waals surface area contributed by atoms with Crippen molar-refractivity contribution in [1.82, 2.24) is 24.4 Å². The zero-order valence-electron chi connectivity index (χ0n) is 21.0. The highest BCUT2D eigenvalue weighted by Gasteiger charge is 2.30. The Labute approximate surface area is 208 Å². The lowest BCUT2D eigenvalue weighted by molar-refractivity contribution is -0.131. The number of hydrogen-bond acceptors (Lipinski definition) is 7. The fourth-order valence-electron chi connectivity index (χ4n) is 4.39. The van der Waals surface area contributed by atoms with Gasteiger partial charge >= 0.3 is 0 Å². The van der Waals surface area contributed by atoms with Crippen LogP contribution in [0.3, 0.4) is 0 Å². The predicted octanol–water partition coefficient (Wildman–Crippen LogP) is 3.96. The van der Waals surface area contributed by atoms with Crippen LogP contribution in [-0.4, -0.2) is 63.7 Å². The number of hydrogen-bond donors (Lipinski definition) is 1. The number of anilines is 1. The second-order valence-corrected chi connectivity index (χ2v) is 8.85. The summed E-state index contributed by atoms with van der Waals surface area (Å²) in [5, 5.41) is 3.39. The van der Waals surface area contributed by atoms with E-state index in [1.165, 1.54) is 18.8 Å². The molecule has 0 unspecified atom stereocenters. The summed E-state index contributed by atoms with van der Waals surface area (Å²) >= 11 is 0. The number of rotatable bonds is 8. The van der Waals surface area contributed by atoms with Crippen molar-refractivity contribution in [3.63, 3.8) is 0 Å². The molecule has 3 aromatic rings. The van der Waals surface area contributed by atoms with Gasteiger partial charge in [-0.15, -0.1) is 0 Å². The van der Waals surface area contributed by atoms with Crippen molar-refractivity contribution in [2.45, 2.75) is 38.7 Å². The molecular weight excluding hydrogens is 470 g/mol. The van der Waals surface area contributed by atoms with Crippen LogP contribution in [0.15, 0.2) is 30.5 Å². The van der Waals surface area contributed by atoms with Crippen LogP contribution in [0.4, 0.5) is 14.6 Å². The van der Waals surface area contributed by atoms with E-state index in [4.69, 9.17) is 9.47 Å².